The van der Waals surface area contributed by atoms with Gasteiger partial charge in [-0.3, -0.25) is 0 Å². The third-order valence-corrected chi connectivity index (χ3v) is 5.99. The van der Waals surface area contributed by atoms with Crippen molar-refractivity contribution < 1.29 is 14.2 Å². The minimum Gasteiger partial charge on any atom is -0.331 e. The highest BCUT2D eigenvalue weighted by Crippen LogP contribution is 2.32. The maximum Gasteiger partial charge on any atom is 0.285 e. The molecule has 1 rings (SSSR count). The molecule has 1 unspecified atom stereocenters. The largest absolute Gasteiger partial charge is 0.331 e. The van der Waals surface area contributed by atoms with Crippen LogP contribution in [0.25, 0.3) is 0 Å². The van der Waals surface area contributed by atoms with Crippen molar-refractivity contribution in [2.24, 2.45) is 5.92 Å². The highest BCUT2D eigenvalue weighted by atomic mass is 16.9. The Morgan fingerprint density at radius 3 is 1.85 bits per heavy atom. The summed E-state index contributed by atoms with van der Waals surface area (Å²) in [5, 5.41) is 0. The SMILES string of the molecule is CCCCCCCCC(CCCN1CCCCCC1)C(OC)(OC)OC. The molecule has 1 aliphatic rings. The number of rotatable bonds is 15. The Bertz CT molecular complexity index is 304. The van der Waals surface area contributed by atoms with E-state index < -0.39 is 5.97 Å². The first-order chi connectivity index (χ1) is 12.7. The van der Waals surface area contributed by atoms with E-state index in [1.54, 1.807) is 21.3 Å². The molecule has 1 atom stereocenters. The van der Waals surface area contributed by atoms with Crippen molar-refractivity contribution in [3.8, 4) is 0 Å². The first kappa shape index (κ1) is 23.9. The molecule has 156 valence electrons. The number of unbranched alkanes of at least 4 members (excludes halogenated alkanes) is 5. The van der Waals surface area contributed by atoms with Gasteiger partial charge in [-0.2, -0.15) is 0 Å². The Morgan fingerprint density at radius 2 is 1.27 bits per heavy atom. The second kappa shape index (κ2) is 14.8. The molecule has 4 nitrogen and oxygen atoms in total. The van der Waals surface area contributed by atoms with E-state index in [1.165, 1.54) is 90.3 Å². The van der Waals surface area contributed by atoms with Gasteiger partial charge in [0, 0.05) is 27.2 Å². The van der Waals surface area contributed by atoms with Crippen LogP contribution in [0.4, 0.5) is 0 Å². The van der Waals surface area contributed by atoms with Crippen LogP contribution in [0.1, 0.15) is 90.4 Å². The maximum atomic E-state index is 5.70. The molecule has 0 saturated carbocycles. The Morgan fingerprint density at radius 1 is 0.731 bits per heavy atom. The van der Waals surface area contributed by atoms with Crippen LogP contribution in [0.15, 0.2) is 0 Å². The molecule has 0 aromatic heterocycles. The summed E-state index contributed by atoms with van der Waals surface area (Å²) in [6.45, 7) is 6.00. The van der Waals surface area contributed by atoms with Gasteiger partial charge in [0.05, 0.1) is 0 Å². The molecule has 0 aromatic rings. The Kier molecular flexibility index (Phi) is 13.6. The van der Waals surface area contributed by atoms with Crippen molar-refractivity contribution in [2.75, 3.05) is 41.0 Å². The summed E-state index contributed by atoms with van der Waals surface area (Å²) in [6.07, 6.45) is 16.8. The van der Waals surface area contributed by atoms with E-state index >= 15 is 0 Å². The van der Waals surface area contributed by atoms with E-state index in [0.717, 1.165) is 12.8 Å². The minimum atomic E-state index is -0.887. The predicted molar refractivity (Wildman–Crippen MR) is 109 cm³/mol. The topological polar surface area (TPSA) is 30.9 Å². The Balaban J connectivity index is 2.45. The molecule has 0 N–H and O–H groups in total. The average Bonchev–Trinajstić information content (AvgIpc) is 2.94. The smallest absolute Gasteiger partial charge is 0.285 e. The third kappa shape index (κ3) is 8.69. The van der Waals surface area contributed by atoms with Crippen LogP contribution in [0.5, 0.6) is 0 Å². The number of ether oxygens (including phenoxy) is 3. The molecule has 26 heavy (non-hydrogen) atoms. The summed E-state index contributed by atoms with van der Waals surface area (Å²) >= 11 is 0. The normalized spacial score (nSPS) is 18.0. The monoisotopic (exact) mass is 371 g/mol. The van der Waals surface area contributed by atoms with Crippen molar-refractivity contribution in [3.63, 3.8) is 0 Å². The average molecular weight is 372 g/mol. The Hall–Kier alpha value is -0.160. The van der Waals surface area contributed by atoms with Crippen molar-refractivity contribution in [3.05, 3.63) is 0 Å². The van der Waals surface area contributed by atoms with Crippen LogP contribution in [0.3, 0.4) is 0 Å². The van der Waals surface area contributed by atoms with Crippen LogP contribution in [-0.4, -0.2) is 51.8 Å². The number of methoxy groups -OCH3 is 3. The molecule has 0 spiro atoms. The van der Waals surface area contributed by atoms with Crippen molar-refractivity contribution >= 4 is 0 Å². The molecular formula is C22H45NO3. The molecule has 0 bridgehead atoms. The number of nitrogens with zero attached hydrogens (tertiary/aromatic N) is 1. The molecule has 1 aliphatic heterocycles. The molecule has 4 heteroatoms. The second-order valence-corrected chi connectivity index (χ2v) is 7.87. The fourth-order valence-electron chi connectivity index (χ4n) is 4.34. The van der Waals surface area contributed by atoms with Gasteiger partial charge < -0.3 is 19.1 Å². The van der Waals surface area contributed by atoms with Crippen LogP contribution in [0, 0.1) is 5.92 Å². The third-order valence-electron chi connectivity index (χ3n) is 5.99. The zero-order valence-corrected chi connectivity index (χ0v) is 18.1. The maximum absolute atomic E-state index is 5.70. The summed E-state index contributed by atoms with van der Waals surface area (Å²) in [7, 11) is 5.11. The van der Waals surface area contributed by atoms with Crippen LogP contribution in [0.2, 0.25) is 0 Å². The molecule has 0 aliphatic carbocycles. The lowest BCUT2D eigenvalue weighted by Crippen LogP contribution is -2.44. The van der Waals surface area contributed by atoms with Crippen molar-refractivity contribution in [2.45, 2.75) is 96.4 Å². The van der Waals surface area contributed by atoms with Gasteiger partial charge in [0.2, 0.25) is 0 Å². The molecule has 0 amide bonds. The van der Waals surface area contributed by atoms with Crippen LogP contribution in [-0.2, 0) is 14.2 Å². The van der Waals surface area contributed by atoms with Gasteiger partial charge in [0.1, 0.15) is 0 Å². The summed E-state index contributed by atoms with van der Waals surface area (Å²) in [6, 6.07) is 0. The standard InChI is InChI=1S/C22H45NO3/c1-5-6-7-8-9-12-16-21(22(24-2,25-3)26-4)17-15-20-23-18-13-10-11-14-19-23/h21H,5-20H2,1-4H3. The molecular weight excluding hydrogens is 326 g/mol. The van der Waals surface area contributed by atoms with Gasteiger partial charge in [-0.05, 0) is 51.7 Å². The molecule has 1 saturated heterocycles. The van der Waals surface area contributed by atoms with Gasteiger partial charge >= 0.3 is 0 Å². The van der Waals surface area contributed by atoms with E-state index in [2.05, 4.69) is 11.8 Å². The van der Waals surface area contributed by atoms with E-state index in [9.17, 15) is 0 Å². The molecule has 0 aromatic carbocycles. The highest BCUT2D eigenvalue weighted by molar-refractivity contribution is 4.73. The minimum absolute atomic E-state index is 0.292. The lowest BCUT2D eigenvalue weighted by atomic mass is 9.92. The number of likely N-dealkylation sites (tertiary alicyclic amines) is 1. The van der Waals surface area contributed by atoms with E-state index in [-0.39, 0.29) is 0 Å². The predicted octanol–water partition coefficient (Wildman–Crippen LogP) is 5.60. The number of hydrogen-bond donors (Lipinski definition) is 0. The zero-order chi connectivity index (χ0) is 19.1. The van der Waals surface area contributed by atoms with E-state index in [4.69, 9.17) is 14.2 Å². The summed E-state index contributed by atoms with van der Waals surface area (Å²) < 4.78 is 17.1. The second-order valence-electron chi connectivity index (χ2n) is 7.87. The first-order valence-corrected chi connectivity index (χ1v) is 11.1. The number of hydrogen-bond acceptors (Lipinski definition) is 4. The summed E-state index contributed by atoms with van der Waals surface area (Å²) in [5.74, 6) is -0.594. The summed E-state index contributed by atoms with van der Waals surface area (Å²) in [4.78, 5) is 2.64. The van der Waals surface area contributed by atoms with Gasteiger partial charge in [-0.15, -0.1) is 0 Å². The van der Waals surface area contributed by atoms with Crippen LogP contribution >= 0.6 is 0 Å². The fraction of sp³-hybridized carbons (Fsp3) is 1.00. The van der Waals surface area contributed by atoms with Gasteiger partial charge in [-0.1, -0.05) is 58.3 Å². The van der Waals surface area contributed by atoms with Crippen LogP contribution < -0.4 is 0 Å². The quantitative estimate of drug-likeness (QED) is 0.277. The van der Waals surface area contributed by atoms with Gasteiger partial charge in [0.15, 0.2) is 0 Å². The lowest BCUT2D eigenvalue weighted by Gasteiger charge is -2.37. The van der Waals surface area contributed by atoms with Crippen molar-refractivity contribution in [1.82, 2.24) is 4.90 Å². The lowest BCUT2D eigenvalue weighted by molar-refractivity contribution is -0.380. The summed E-state index contributed by atoms with van der Waals surface area (Å²) in [5.41, 5.74) is 0. The van der Waals surface area contributed by atoms with E-state index in [1.807, 2.05) is 0 Å². The van der Waals surface area contributed by atoms with Gasteiger partial charge in [-0.25, -0.2) is 0 Å². The van der Waals surface area contributed by atoms with E-state index in [0.29, 0.717) is 5.92 Å². The zero-order valence-electron chi connectivity index (χ0n) is 18.1. The molecule has 0 radical (unpaired) electrons. The molecule has 1 heterocycles. The first-order valence-electron chi connectivity index (χ1n) is 11.1. The fourth-order valence-corrected chi connectivity index (χ4v) is 4.34. The Labute approximate surface area is 162 Å². The molecule has 1 fully saturated rings. The van der Waals surface area contributed by atoms with Gasteiger partial charge in [0.25, 0.3) is 5.97 Å². The van der Waals surface area contributed by atoms with Crippen molar-refractivity contribution in [1.29, 1.82) is 0 Å². The highest BCUT2D eigenvalue weighted by Gasteiger charge is 2.39.